The van der Waals surface area contributed by atoms with Crippen LogP contribution in [0.1, 0.15) is 44.2 Å². The molecular formula is C15H22F2N2O. The molecule has 0 fully saturated rings. The smallest absolute Gasteiger partial charge is 0.220 e. The average molecular weight is 284 g/mol. The van der Waals surface area contributed by atoms with Crippen molar-refractivity contribution in [1.82, 2.24) is 10.6 Å². The molecule has 0 saturated carbocycles. The van der Waals surface area contributed by atoms with Crippen molar-refractivity contribution in [2.45, 2.75) is 38.6 Å². The van der Waals surface area contributed by atoms with E-state index in [-0.39, 0.29) is 5.91 Å². The van der Waals surface area contributed by atoms with E-state index < -0.39 is 17.7 Å². The van der Waals surface area contributed by atoms with Crippen molar-refractivity contribution in [2.24, 2.45) is 0 Å². The molecule has 5 heteroatoms. The quantitative estimate of drug-likeness (QED) is 0.721. The molecule has 20 heavy (non-hydrogen) atoms. The van der Waals surface area contributed by atoms with Crippen molar-refractivity contribution < 1.29 is 13.6 Å². The second-order valence-corrected chi connectivity index (χ2v) is 4.78. The van der Waals surface area contributed by atoms with Crippen LogP contribution in [0.15, 0.2) is 18.2 Å². The SMILES string of the molecule is CCCC(NC(=O)CCCNC)c1ccc(F)cc1F. The van der Waals surface area contributed by atoms with Gasteiger partial charge in [0.2, 0.25) is 5.91 Å². The molecule has 0 aliphatic heterocycles. The van der Waals surface area contributed by atoms with E-state index in [2.05, 4.69) is 10.6 Å². The summed E-state index contributed by atoms with van der Waals surface area (Å²) in [4.78, 5) is 11.8. The van der Waals surface area contributed by atoms with E-state index in [0.717, 1.165) is 25.5 Å². The van der Waals surface area contributed by atoms with Gasteiger partial charge in [-0.25, -0.2) is 8.78 Å². The first-order valence-corrected chi connectivity index (χ1v) is 6.97. The molecule has 1 aromatic carbocycles. The molecule has 112 valence electrons. The Kier molecular flexibility index (Phi) is 7.15. The lowest BCUT2D eigenvalue weighted by atomic mass is 10.0. The lowest BCUT2D eigenvalue weighted by Crippen LogP contribution is -2.29. The van der Waals surface area contributed by atoms with Gasteiger partial charge < -0.3 is 10.6 Å². The fraction of sp³-hybridized carbons (Fsp3) is 0.533. The molecule has 0 aliphatic carbocycles. The number of rotatable bonds is 8. The molecular weight excluding hydrogens is 262 g/mol. The van der Waals surface area contributed by atoms with Gasteiger partial charge in [0.05, 0.1) is 6.04 Å². The van der Waals surface area contributed by atoms with Gasteiger partial charge in [0.1, 0.15) is 11.6 Å². The predicted octanol–water partition coefficient (Wildman–Crippen LogP) is 2.92. The molecule has 0 spiro atoms. The zero-order valence-corrected chi connectivity index (χ0v) is 12.0. The Labute approximate surface area is 118 Å². The third-order valence-corrected chi connectivity index (χ3v) is 3.08. The number of amides is 1. The number of hydrogen-bond acceptors (Lipinski definition) is 2. The molecule has 1 aromatic rings. The van der Waals surface area contributed by atoms with Crippen molar-refractivity contribution in [3.05, 3.63) is 35.4 Å². The first-order chi connectivity index (χ1) is 9.58. The third kappa shape index (κ3) is 5.25. The molecule has 0 saturated heterocycles. The van der Waals surface area contributed by atoms with Gasteiger partial charge in [-0.2, -0.15) is 0 Å². The Morgan fingerprint density at radius 2 is 2.10 bits per heavy atom. The summed E-state index contributed by atoms with van der Waals surface area (Å²) in [6.45, 7) is 2.72. The van der Waals surface area contributed by atoms with Gasteiger partial charge in [-0.1, -0.05) is 19.4 Å². The summed E-state index contributed by atoms with van der Waals surface area (Å²) < 4.78 is 26.7. The zero-order valence-electron chi connectivity index (χ0n) is 12.0. The van der Waals surface area contributed by atoms with Crippen LogP contribution in [0.25, 0.3) is 0 Å². The van der Waals surface area contributed by atoms with Crippen molar-refractivity contribution in [1.29, 1.82) is 0 Å². The number of hydrogen-bond donors (Lipinski definition) is 2. The summed E-state index contributed by atoms with van der Waals surface area (Å²) in [6, 6.07) is 3.07. The number of carbonyl (C=O) groups is 1. The highest BCUT2D eigenvalue weighted by atomic mass is 19.1. The molecule has 2 N–H and O–H groups in total. The van der Waals surface area contributed by atoms with Crippen LogP contribution in [0.3, 0.4) is 0 Å². The number of halogens is 2. The Morgan fingerprint density at radius 1 is 1.35 bits per heavy atom. The summed E-state index contributed by atoms with van der Waals surface area (Å²) in [7, 11) is 1.83. The fourth-order valence-corrected chi connectivity index (χ4v) is 2.07. The first kappa shape index (κ1) is 16.6. The van der Waals surface area contributed by atoms with Gasteiger partial charge in [0.25, 0.3) is 0 Å². The molecule has 1 unspecified atom stereocenters. The molecule has 3 nitrogen and oxygen atoms in total. The molecule has 0 bridgehead atoms. The van der Waals surface area contributed by atoms with Gasteiger partial charge in [-0.05, 0) is 32.5 Å². The lowest BCUT2D eigenvalue weighted by Gasteiger charge is -2.19. The monoisotopic (exact) mass is 284 g/mol. The summed E-state index contributed by atoms with van der Waals surface area (Å²) >= 11 is 0. The van der Waals surface area contributed by atoms with Crippen LogP contribution in [-0.2, 0) is 4.79 Å². The van der Waals surface area contributed by atoms with Crippen molar-refractivity contribution in [3.63, 3.8) is 0 Å². The van der Waals surface area contributed by atoms with E-state index in [1.54, 1.807) is 0 Å². The number of benzene rings is 1. The van der Waals surface area contributed by atoms with Crippen LogP contribution in [0, 0.1) is 11.6 Å². The second-order valence-electron chi connectivity index (χ2n) is 4.78. The minimum Gasteiger partial charge on any atom is -0.349 e. The molecule has 0 heterocycles. The Bertz CT molecular complexity index is 438. The van der Waals surface area contributed by atoms with E-state index >= 15 is 0 Å². The van der Waals surface area contributed by atoms with Crippen LogP contribution in [0.5, 0.6) is 0 Å². The van der Waals surface area contributed by atoms with Crippen molar-refractivity contribution in [2.75, 3.05) is 13.6 Å². The normalized spacial score (nSPS) is 12.2. The molecule has 1 amide bonds. The van der Waals surface area contributed by atoms with Gasteiger partial charge >= 0.3 is 0 Å². The van der Waals surface area contributed by atoms with Crippen molar-refractivity contribution >= 4 is 5.91 Å². The van der Waals surface area contributed by atoms with E-state index in [4.69, 9.17) is 0 Å². The highest BCUT2D eigenvalue weighted by Gasteiger charge is 2.17. The summed E-state index contributed by atoms with van der Waals surface area (Å²) in [5.41, 5.74) is 0.343. The minimum absolute atomic E-state index is 0.109. The number of nitrogens with one attached hydrogen (secondary N) is 2. The predicted molar refractivity (Wildman–Crippen MR) is 75.3 cm³/mol. The molecule has 1 atom stereocenters. The number of carbonyl (C=O) groups excluding carboxylic acids is 1. The molecule has 0 aliphatic rings. The summed E-state index contributed by atoms with van der Waals surface area (Å²) in [5.74, 6) is -1.33. The highest BCUT2D eigenvalue weighted by molar-refractivity contribution is 5.76. The fourth-order valence-electron chi connectivity index (χ4n) is 2.07. The molecule has 0 aromatic heterocycles. The zero-order chi connectivity index (χ0) is 15.0. The van der Waals surface area contributed by atoms with E-state index in [0.29, 0.717) is 18.4 Å². The van der Waals surface area contributed by atoms with E-state index in [1.165, 1.54) is 12.1 Å². The van der Waals surface area contributed by atoms with Gasteiger partial charge in [-0.15, -0.1) is 0 Å². The van der Waals surface area contributed by atoms with Crippen LogP contribution >= 0.6 is 0 Å². The first-order valence-electron chi connectivity index (χ1n) is 6.97. The van der Waals surface area contributed by atoms with E-state index in [1.807, 2.05) is 14.0 Å². The Morgan fingerprint density at radius 3 is 2.70 bits per heavy atom. The highest BCUT2D eigenvalue weighted by Crippen LogP contribution is 2.22. The Hall–Kier alpha value is -1.49. The van der Waals surface area contributed by atoms with Crippen LogP contribution in [-0.4, -0.2) is 19.5 Å². The summed E-state index contributed by atoms with van der Waals surface area (Å²) in [6.07, 6.45) is 2.55. The third-order valence-electron chi connectivity index (χ3n) is 3.08. The van der Waals surface area contributed by atoms with Gasteiger partial charge in [-0.3, -0.25) is 4.79 Å². The average Bonchev–Trinajstić information content (AvgIpc) is 2.38. The maximum Gasteiger partial charge on any atom is 0.220 e. The van der Waals surface area contributed by atoms with Crippen LogP contribution < -0.4 is 10.6 Å². The largest absolute Gasteiger partial charge is 0.349 e. The van der Waals surface area contributed by atoms with Gasteiger partial charge in [0.15, 0.2) is 0 Å². The van der Waals surface area contributed by atoms with Gasteiger partial charge in [0, 0.05) is 18.1 Å². The summed E-state index contributed by atoms with van der Waals surface area (Å²) in [5, 5.41) is 5.79. The molecule has 1 rings (SSSR count). The standard InChI is InChI=1S/C15H22F2N2O/c1-3-5-14(19-15(20)6-4-9-18-2)12-8-7-11(16)10-13(12)17/h7-8,10,14,18H,3-6,9H2,1-2H3,(H,19,20). The second kappa shape index (κ2) is 8.64. The Balaban J connectivity index is 2.70. The van der Waals surface area contributed by atoms with Crippen molar-refractivity contribution in [3.8, 4) is 0 Å². The lowest BCUT2D eigenvalue weighted by molar-refractivity contribution is -0.122. The maximum atomic E-state index is 13.8. The topological polar surface area (TPSA) is 41.1 Å². The van der Waals surface area contributed by atoms with Crippen LogP contribution in [0.4, 0.5) is 8.78 Å². The maximum absolute atomic E-state index is 13.8. The van der Waals surface area contributed by atoms with E-state index in [9.17, 15) is 13.6 Å². The van der Waals surface area contributed by atoms with Crippen LogP contribution in [0.2, 0.25) is 0 Å². The minimum atomic E-state index is -0.612. The molecule has 0 radical (unpaired) electrons.